The molecular formula is C25H23F3N2O2S. The molecule has 0 radical (unpaired) electrons. The predicted octanol–water partition coefficient (Wildman–Crippen LogP) is 6.40. The topological polar surface area (TPSA) is 58.2 Å². The molecule has 8 heteroatoms. The van der Waals surface area contributed by atoms with Gasteiger partial charge in [0.05, 0.1) is 17.2 Å². The molecule has 0 aliphatic carbocycles. The van der Waals surface area contributed by atoms with E-state index in [1.807, 2.05) is 43.3 Å². The van der Waals surface area contributed by atoms with E-state index in [0.29, 0.717) is 12.1 Å². The SMILES string of the molecule is CCC(Sc1cccc(NC(=O)Cc2ccccc2)c1)C(=O)Nc1cccc(C(F)(F)F)c1. The van der Waals surface area contributed by atoms with Crippen molar-refractivity contribution < 1.29 is 22.8 Å². The molecule has 3 rings (SSSR count). The summed E-state index contributed by atoms with van der Waals surface area (Å²) >= 11 is 1.29. The minimum absolute atomic E-state index is 0.0933. The molecule has 3 aromatic rings. The van der Waals surface area contributed by atoms with Crippen LogP contribution in [0.15, 0.2) is 83.8 Å². The highest BCUT2D eigenvalue weighted by atomic mass is 32.2. The lowest BCUT2D eigenvalue weighted by Crippen LogP contribution is -2.24. The Morgan fingerprint density at radius 1 is 0.879 bits per heavy atom. The third-order valence-electron chi connectivity index (χ3n) is 4.72. The van der Waals surface area contributed by atoms with Gasteiger partial charge in [-0.05, 0) is 48.4 Å². The van der Waals surface area contributed by atoms with Crippen LogP contribution < -0.4 is 10.6 Å². The molecule has 0 aliphatic heterocycles. The van der Waals surface area contributed by atoms with Crippen molar-refractivity contribution >= 4 is 35.0 Å². The van der Waals surface area contributed by atoms with Gasteiger partial charge in [-0.1, -0.05) is 49.4 Å². The molecule has 0 spiro atoms. The lowest BCUT2D eigenvalue weighted by atomic mass is 10.1. The molecule has 33 heavy (non-hydrogen) atoms. The molecule has 0 heterocycles. The molecule has 0 fully saturated rings. The minimum Gasteiger partial charge on any atom is -0.326 e. The molecule has 2 N–H and O–H groups in total. The van der Waals surface area contributed by atoms with Crippen LogP contribution in [0.3, 0.4) is 0 Å². The van der Waals surface area contributed by atoms with Gasteiger partial charge < -0.3 is 10.6 Å². The van der Waals surface area contributed by atoms with E-state index in [4.69, 9.17) is 0 Å². The van der Waals surface area contributed by atoms with Crippen molar-refractivity contribution in [2.24, 2.45) is 0 Å². The molecule has 3 aromatic carbocycles. The van der Waals surface area contributed by atoms with Crippen molar-refractivity contribution in [2.75, 3.05) is 10.6 Å². The number of nitrogens with one attached hydrogen (secondary N) is 2. The second-order valence-electron chi connectivity index (χ2n) is 7.32. The summed E-state index contributed by atoms with van der Waals surface area (Å²) in [5, 5.41) is 4.90. The second kappa shape index (κ2) is 11.0. The van der Waals surface area contributed by atoms with Crippen LogP contribution in [0.25, 0.3) is 0 Å². The molecule has 0 bridgehead atoms. The number of rotatable bonds is 8. The molecule has 0 aromatic heterocycles. The number of amides is 2. The van der Waals surface area contributed by atoms with Gasteiger partial charge in [-0.3, -0.25) is 9.59 Å². The fourth-order valence-electron chi connectivity index (χ4n) is 3.12. The molecule has 0 aliphatic rings. The fraction of sp³-hybridized carbons (Fsp3) is 0.200. The number of thioether (sulfide) groups is 1. The highest BCUT2D eigenvalue weighted by Gasteiger charge is 2.30. The third kappa shape index (κ3) is 7.39. The predicted molar refractivity (Wildman–Crippen MR) is 125 cm³/mol. The van der Waals surface area contributed by atoms with Crippen molar-refractivity contribution in [3.05, 3.63) is 90.0 Å². The Balaban J connectivity index is 1.63. The van der Waals surface area contributed by atoms with E-state index >= 15 is 0 Å². The Bertz CT molecular complexity index is 1100. The quantitative estimate of drug-likeness (QED) is 0.373. The number of halogens is 3. The Hall–Kier alpha value is -3.26. The van der Waals surface area contributed by atoms with Crippen LogP contribution in [0.4, 0.5) is 24.5 Å². The lowest BCUT2D eigenvalue weighted by molar-refractivity contribution is -0.137. The molecule has 0 saturated heterocycles. The van der Waals surface area contributed by atoms with Crippen LogP contribution in [-0.4, -0.2) is 17.1 Å². The van der Waals surface area contributed by atoms with Gasteiger partial charge in [0.1, 0.15) is 0 Å². The summed E-state index contributed by atoms with van der Waals surface area (Å²) in [4.78, 5) is 25.8. The average Bonchev–Trinajstić information content (AvgIpc) is 2.78. The summed E-state index contributed by atoms with van der Waals surface area (Å²) in [5.74, 6) is -0.543. The zero-order valence-electron chi connectivity index (χ0n) is 17.9. The number of anilines is 2. The maximum atomic E-state index is 12.9. The van der Waals surface area contributed by atoms with Gasteiger partial charge in [0.25, 0.3) is 0 Å². The van der Waals surface area contributed by atoms with Gasteiger partial charge >= 0.3 is 6.18 Å². The number of benzene rings is 3. The maximum absolute atomic E-state index is 12.9. The summed E-state index contributed by atoms with van der Waals surface area (Å²) in [7, 11) is 0. The Morgan fingerprint density at radius 3 is 2.21 bits per heavy atom. The molecule has 1 unspecified atom stereocenters. The minimum atomic E-state index is -4.48. The van der Waals surface area contributed by atoms with Crippen LogP contribution >= 0.6 is 11.8 Å². The molecule has 1 atom stereocenters. The van der Waals surface area contributed by atoms with E-state index in [2.05, 4.69) is 10.6 Å². The van der Waals surface area contributed by atoms with E-state index in [0.717, 1.165) is 22.6 Å². The number of carbonyl (C=O) groups excluding carboxylic acids is 2. The number of hydrogen-bond acceptors (Lipinski definition) is 3. The zero-order chi connectivity index (χ0) is 23.8. The summed E-state index contributed by atoms with van der Waals surface area (Å²) in [6.45, 7) is 1.83. The Labute approximate surface area is 194 Å². The largest absolute Gasteiger partial charge is 0.416 e. The lowest BCUT2D eigenvalue weighted by Gasteiger charge is -2.16. The fourth-order valence-corrected chi connectivity index (χ4v) is 4.13. The first-order valence-corrected chi connectivity index (χ1v) is 11.2. The van der Waals surface area contributed by atoms with E-state index in [-0.39, 0.29) is 23.9 Å². The summed E-state index contributed by atoms with van der Waals surface area (Å²) in [6.07, 6.45) is -3.76. The van der Waals surface area contributed by atoms with Gasteiger partial charge in [-0.15, -0.1) is 11.8 Å². The van der Waals surface area contributed by atoms with E-state index in [9.17, 15) is 22.8 Å². The zero-order valence-corrected chi connectivity index (χ0v) is 18.7. The number of alkyl halides is 3. The second-order valence-corrected chi connectivity index (χ2v) is 8.60. The van der Waals surface area contributed by atoms with Gasteiger partial charge in [0, 0.05) is 16.3 Å². The van der Waals surface area contributed by atoms with Crippen LogP contribution in [0.5, 0.6) is 0 Å². The normalized spacial score (nSPS) is 12.1. The maximum Gasteiger partial charge on any atom is 0.416 e. The summed E-state index contributed by atoms with van der Waals surface area (Å²) in [6, 6.07) is 21.1. The van der Waals surface area contributed by atoms with Crippen LogP contribution in [0.2, 0.25) is 0 Å². The monoisotopic (exact) mass is 472 g/mol. The van der Waals surface area contributed by atoms with E-state index in [1.165, 1.54) is 23.9 Å². The average molecular weight is 473 g/mol. The molecule has 4 nitrogen and oxygen atoms in total. The van der Waals surface area contributed by atoms with Crippen molar-refractivity contribution in [3.8, 4) is 0 Å². The van der Waals surface area contributed by atoms with Crippen molar-refractivity contribution in [1.82, 2.24) is 0 Å². The van der Waals surface area contributed by atoms with Gasteiger partial charge in [-0.2, -0.15) is 13.2 Å². The van der Waals surface area contributed by atoms with Crippen molar-refractivity contribution in [3.63, 3.8) is 0 Å². The first kappa shape index (κ1) is 24.4. The van der Waals surface area contributed by atoms with Gasteiger partial charge in [0.2, 0.25) is 11.8 Å². The number of hydrogen-bond donors (Lipinski definition) is 2. The Kier molecular flexibility index (Phi) is 8.16. The van der Waals surface area contributed by atoms with Crippen LogP contribution in [0.1, 0.15) is 24.5 Å². The first-order valence-electron chi connectivity index (χ1n) is 10.3. The van der Waals surface area contributed by atoms with Gasteiger partial charge in [-0.25, -0.2) is 0 Å². The number of carbonyl (C=O) groups is 2. The van der Waals surface area contributed by atoms with Crippen LogP contribution in [0, 0.1) is 0 Å². The molecule has 172 valence electrons. The smallest absolute Gasteiger partial charge is 0.326 e. The van der Waals surface area contributed by atoms with E-state index < -0.39 is 17.0 Å². The van der Waals surface area contributed by atoms with Crippen molar-refractivity contribution in [1.29, 1.82) is 0 Å². The first-order chi connectivity index (χ1) is 15.7. The molecule has 2 amide bonds. The highest BCUT2D eigenvalue weighted by molar-refractivity contribution is 8.00. The summed E-state index contributed by atoms with van der Waals surface area (Å²) < 4.78 is 38.8. The molecule has 0 saturated carbocycles. The Morgan fingerprint density at radius 2 is 1.55 bits per heavy atom. The molecular weight excluding hydrogens is 449 g/mol. The van der Waals surface area contributed by atoms with E-state index in [1.54, 1.807) is 18.2 Å². The van der Waals surface area contributed by atoms with Crippen molar-refractivity contribution in [2.45, 2.75) is 36.1 Å². The summed E-state index contributed by atoms with van der Waals surface area (Å²) in [5.41, 5.74) is 0.780. The van der Waals surface area contributed by atoms with Gasteiger partial charge in [0.15, 0.2) is 0 Å². The third-order valence-corrected chi connectivity index (χ3v) is 6.08. The van der Waals surface area contributed by atoms with Crippen LogP contribution in [-0.2, 0) is 22.2 Å². The highest BCUT2D eigenvalue weighted by Crippen LogP contribution is 2.32. The standard InChI is InChI=1S/C25H23F3N2O2S/c1-2-22(24(32)30-19-11-6-10-18(15-19)25(26,27)28)33-21-13-7-12-20(16-21)29-23(31)14-17-8-4-3-5-9-17/h3-13,15-16,22H,2,14H2,1H3,(H,29,31)(H,30,32).